The molecule has 0 bridgehead atoms. The molecular weight excluding hydrogens is 176 g/mol. The van der Waals surface area contributed by atoms with Crippen molar-refractivity contribution in [3.05, 3.63) is 42.0 Å². The van der Waals surface area contributed by atoms with Crippen LogP contribution in [0.25, 0.3) is 6.08 Å². The lowest BCUT2D eigenvalue weighted by Gasteiger charge is -2.00. The van der Waals surface area contributed by atoms with Gasteiger partial charge in [0.1, 0.15) is 0 Å². The van der Waals surface area contributed by atoms with Crippen molar-refractivity contribution < 1.29 is 9.90 Å². The Morgan fingerprint density at radius 1 is 1.43 bits per heavy atom. The van der Waals surface area contributed by atoms with Crippen LogP contribution in [-0.4, -0.2) is 11.1 Å². The predicted octanol–water partition coefficient (Wildman–Crippen LogP) is 2.81. The van der Waals surface area contributed by atoms with Gasteiger partial charge in [0.05, 0.1) is 6.42 Å². The SMILES string of the molecule is CC(/C=C/c1ccccc1)CC(=O)O. The van der Waals surface area contributed by atoms with Crippen LogP contribution in [-0.2, 0) is 4.79 Å². The summed E-state index contributed by atoms with van der Waals surface area (Å²) in [5, 5.41) is 8.55. The first-order valence-corrected chi connectivity index (χ1v) is 4.63. The number of carbonyl (C=O) groups is 1. The molecule has 0 amide bonds. The molecular formula is C12H14O2. The van der Waals surface area contributed by atoms with E-state index < -0.39 is 5.97 Å². The number of carboxylic acids is 1. The van der Waals surface area contributed by atoms with Crippen LogP contribution in [0, 0.1) is 5.92 Å². The van der Waals surface area contributed by atoms with Crippen LogP contribution in [0.15, 0.2) is 36.4 Å². The van der Waals surface area contributed by atoms with Crippen LogP contribution in [0.3, 0.4) is 0 Å². The van der Waals surface area contributed by atoms with Gasteiger partial charge in [0.25, 0.3) is 0 Å². The molecule has 2 nitrogen and oxygen atoms in total. The molecule has 74 valence electrons. The fraction of sp³-hybridized carbons (Fsp3) is 0.250. The highest BCUT2D eigenvalue weighted by Gasteiger charge is 2.02. The summed E-state index contributed by atoms with van der Waals surface area (Å²) in [5.74, 6) is -0.678. The normalized spacial score (nSPS) is 12.9. The Hall–Kier alpha value is -1.57. The van der Waals surface area contributed by atoms with Crippen molar-refractivity contribution in [3.8, 4) is 0 Å². The molecule has 1 atom stereocenters. The number of rotatable bonds is 4. The van der Waals surface area contributed by atoms with E-state index in [2.05, 4.69) is 0 Å². The van der Waals surface area contributed by atoms with E-state index in [4.69, 9.17) is 5.11 Å². The maximum atomic E-state index is 10.4. The largest absolute Gasteiger partial charge is 0.481 e. The summed E-state index contributed by atoms with van der Waals surface area (Å²) >= 11 is 0. The Labute approximate surface area is 83.9 Å². The Morgan fingerprint density at radius 2 is 2.07 bits per heavy atom. The third-order valence-corrected chi connectivity index (χ3v) is 1.91. The monoisotopic (exact) mass is 190 g/mol. The minimum Gasteiger partial charge on any atom is -0.481 e. The van der Waals surface area contributed by atoms with Crippen molar-refractivity contribution in [2.45, 2.75) is 13.3 Å². The molecule has 1 N–H and O–H groups in total. The first kappa shape index (κ1) is 10.5. The van der Waals surface area contributed by atoms with Crippen molar-refractivity contribution in [2.75, 3.05) is 0 Å². The highest BCUT2D eigenvalue weighted by Crippen LogP contribution is 2.08. The van der Waals surface area contributed by atoms with E-state index in [1.54, 1.807) is 0 Å². The topological polar surface area (TPSA) is 37.3 Å². The summed E-state index contributed by atoms with van der Waals surface area (Å²) in [6, 6.07) is 9.86. The molecule has 0 saturated heterocycles. The molecule has 0 aliphatic carbocycles. The summed E-state index contributed by atoms with van der Waals surface area (Å²) in [4.78, 5) is 10.4. The Kier molecular flexibility index (Phi) is 3.92. The standard InChI is InChI=1S/C12H14O2/c1-10(9-12(13)14)7-8-11-5-3-2-4-6-11/h2-8,10H,9H2,1H3,(H,13,14)/b8-7+. The number of benzene rings is 1. The van der Waals surface area contributed by atoms with Gasteiger partial charge in [-0.15, -0.1) is 0 Å². The lowest BCUT2D eigenvalue weighted by Crippen LogP contribution is -2.00. The summed E-state index contributed by atoms with van der Waals surface area (Å²) in [6.45, 7) is 1.90. The fourth-order valence-electron chi connectivity index (χ4n) is 1.18. The van der Waals surface area contributed by atoms with E-state index in [1.165, 1.54) is 0 Å². The first-order chi connectivity index (χ1) is 6.68. The van der Waals surface area contributed by atoms with Crippen LogP contribution in [0.5, 0.6) is 0 Å². The van der Waals surface area contributed by atoms with Crippen molar-refractivity contribution in [1.29, 1.82) is 0 Å². The Bertz CT molecular complexity index is 314. The maximum absolute atomic E-state index is 10.4. The van der Waals surface area contributed by atoms with E-state index in [-0.39, 0.29) is 12.3 Å². The van der Waals surface area contributed by atoms with Crippen molar-refractivity contribution >= 4 is 12.0 Å². The van der Waals surface area contributed by atoms with Gasteiger partial charge >= 0.3 is 5.97 Å². The highest BCUT2D eigenvalue weighted by atomic mass is 16.4. The molecule has 1 rings (SSSR count). The summed E-state index contributed by atoms with van der Waals surface area (Å²) in [7, 11) is 0. The summed E-state index contributed by atoms with van der Waals surface area (Å²) in [6.07, 6.45) is 4.06. The van der Waals surface area contributed by atoms with Gasteiger partial charge in [-0.3, -0.25) is 4.79 Å². The van der Waals surface area contributed by atoms with E-state index >= 15 is 0 Å². The number of hydrogen-bond acceptors (Lipinski definition) is 1. The van der Waals surface area contributed by atoms with Gasteiger partial charge in [-0.2, -0.15) is 0 Å². The molecule has 14 heavy (non-hydrogen) atoms. The second-order valence-corrected chi connectivity index (χ2v) is 3.34. The van der Waals surface area contributed by atoms with Gasteiger partial charge in [0.15, 0.2) is 0 Å². The zero-order valence-electron chi connectivity index (χ0n) is 8.18. The average molecular weight is 190 g/mol. The third-order valence-electron chi connectivity index (χ3n) is 1.91. The van der Waals surface area contributed by atoms with E-state index in [0.717, 1.165) is 5.56 Å². The van der Waals surface area contributed by atoms with Crippen molar-refractivity contribution in [1.82, 2.24) is 0 Å². The molecule has 0 aliphatic rings. The number of carboxylic acid groups (broad SMARTS) is 1. The van der Waals surface area contributed by atoms with Gasteiger partial charge in [-0.05, 0) is 11.5 Å². The van der Waals surface area contributed by atoms with Gasteiger partial charge in [-0.1, -0.05) is 49.4 Å². The van der Waals surface area contributed by atoms with E-state index in [9.17, 15) is 4.79 Å². The molecule has 0 fully saturated rings. The molecule has 1 aromatic carbocycles. The molecule has 0 heterocycles. The lowest BCUT2D eigenvalue weighted by atomic mass is 10.1. The molecule has 0 spiro atoms. The zero-order chi connectivity index (χ0) is 10.4. The first-order valence-electron chi connectivity index (χ1n) is 4.63. The van der Waals surface area contributed by atoms with Crippen LogP contribution in [0.2, 0.25) is 0 Å². The van der Waals surface area contributed by atoms with Crippen molar-refractivity contribution in [3.63, 3.8) is 0 Å². The average Bonchev–Trinajstić information content (AvgIpc) is 2.15. The van der Waals surface area contributed by atoms with E-state index in [0.29, 0.717) is 0 Å². The molecule has 0 radical (unpaired) electrons. The minimum atomic E-state index is -0.754. The Balaban J connectivity index is 2.52. The molecule has 2 heteroatoms. The number of hydrogen-bond donors (Lipinski definition) is 1. The van der Waals surface area contributed by atoms with Gasteiger partial charge < -0.3 is 5.11 Å². The fourth-order valence-corrected chi connectivity index (χ4v) is 1.18. The second-order valence-electron chi connectivity index (χ2n) is 3.34. The minimum absolute atomic E-state index is 0.0766. The zero-order valence-corrected chi connectivity index (χ0v) is 8.18. The van der Waals surface area contributed by atoms with Gasteiger partial charge in [-0.25, -0.2) is 0 Å². The number of allylic oxidation sites excluding steroid dienone is 1. The van der Waals surface area contributed by atoms with Crippen LogP contribution in [0.1, 0.15) is 18.9 Å². The summed E-state index contributed by atoms with van der Waals surface area (Å²) in [5.41, 5.74) is 1.10. The van der Waals surface area contributed by atoms with Gasteiger partial charge in [0.2, 0.25) is 0 Å². The summed E-state index contributed by atoms with van der Waals surface area (Å²) < 4.78 is 0. The van der Waals surface area contributed by atoms with Crippen molar-refractivity contribution in [2.24, 2.45) is 5.92 Å². The van der Waals surface area contributed by atoms with Crippen LogP contribution in [0.4, 0.5) is 0 Å². The van der Waals surface area contributed by atoms with E-state index in [1.807, 2.05) is 49.4 Å². The highest BCUT2D eigenvalue weighted by molar-refractivity contribution is 5.67. The van der Waals surface area contributed by atoms with Crippen LogP contribution < -0.4 is 0 Å². The lowest BCUT2D eigenvalue weighted by molar-refractivity contribution is -0.137. The van der Waals surface area contributed by atoms with Crippen LogP contribution >= 0.6 is 0 Å². The molecule has 0 aromatic heterocycles. The van der Waals surface area contributed by atoms with Gasteiger partial charge in [0, 0.05) is 0 Å². The molecule has 1 aromatic rings. The Morgan fingerprint density at radius 3 is 2.64 bits per heavy atom. The second kappa shape index (κ2) is 5.22. The predicted molar refractivity (Wildman–Crippen MR) is 56.9 cm³/mol. The molecule has 0 aliphatic heterocycles. The smallest absolute Gasteiger partial charge is 0.303 e. The third kappa shape index (κ3) is 3.90. The molecule has 1 unspecified atom stereocenters. The maximum Gasteiger partial charge on any atom is 0.303 e. The quantitative estimate of drug-likeness (QED) is 0.792. The number of aliphatic carboxylic acids is 1. The molecule has 0 saturated carbocycles.